The molecule has 5 rings (SSSR count). The minimum atomic E-state index is -4.21. The minimum absolute atomic E-state index is 0.0371. The molecule has 1 saturated heterocycles. The van der Waals surface area contributed by atoms with E-state index in [9.17, 15) is 30.8 Å². The first kappa shape index (κ1) is 31.5. The van der Waals surface area contributed by atoms with Crippen LogP contribution in [-0.2, 0) is 32.9 Å². The van der Waals surface area contributed by atoms with Gasteiger partial charge in [0.1, 0.15) is 9.84 Å². The number of hydrogen-bond donors (Lipinski definition) is 1. The molecule has 0 radical (unpaired) electrons. The van der Waals surface area contributed by atoms with Crippen LogP contribution in [0, 0.1) is 11.9 Å². The summed E-state index contributed by atoms with van der Waals surface area (Å²) in [6.45, 7) is 6.11. The summed E-state index contributed by atoms with van der Waals surface area (Å²) in [5.74, 6) is -0.393. The number of benzene rings is 1. The Bertz CT molecular complexity index is 1400. The summed E-state index contributed by atoms with van der Waals surface area (Å²) in [5.41, 5.74) is 3.38. The van der Waals surface area contributed by atoms with E-state index < -0.39 is 28.4 Å². The van der Waals surface area contributed by atoms with Crippen LogP contribution in [0.4, 0.5) is 17.6 Å². The van der Waals surface area contributed by atoms with Crippen LogP contribution in [0.1, 0.15) is 68.8 Å². The maximum absolute atomic E-state index is 13.6. The number of hydrogen-bond acceptors (Lipinski definition) is 5. The molecule has 1 aromatic carbocycles. The minimum Gasteiger partial charge on any atom is -0.359 e. The molecule has 0 unspecified atom stereocenters. The van der Waals surface area contributed by atoms with Crippen molar-refractivity contribution in [1.82, 2.24) is 19.9 Å². The number of amides is 1. The highest BCUT2D eigenvalue weighted by Gasteiger charge is 2.43. The number of carbonyl (C=O) groups is 1. The lowest BCUT2D eigenvalue weighted by molar-refractivity contribution is -0.127. The van der Waals surface area contributed by atoms with Gasteiger partial charge >= 0.3 is 6.18 Å². The second kappa shape index (κ2) is 12.7. The molecule has 0 atom stereocenters. The quantitative estimate of drug-likeness (QED) is 0.417. The Labute approximate surface area is 232 Å². The second-order valence-corrected chi connectivity index (χ2v) is 12.6. The summed E-state index contributed by atoms with van der Waals surface area (Å²) in [5, 5.41) is 6.47. The van der Waals surface area contributed by atoms with E-state index in [0.717, 1.165) is 29.7 Å². The second-order valence-electron chi connectivity index (χ2n) is 10.3. The zero-order valence-electron chi connectivity index (χ0n) is 23.2. The molecule has 1 amide bonds. The van der Waals surface area contributed by atoms with Gasteiger partial charge in [-0.1, -0.05) is 45.0 Å². The number of aromatic nitrogens is 3. The number of halogens is 4. The van der Waals surface area contributed by atoms with Crippen LogP contribution in [0.25, 0.3) is 5.65 Å². The average Bonchev–Trinajstić information content (AvgIpc) is 3.52. The molecule has 0 spiro atoms. The lowest BCUT2D eigenvalue weighted by Crippen LogP contribution is -2.34. The number of nitrogens with zero attached hydrogens (tertiary/aromatic N) is 3. The Balaban J connectivity index is 0.000000265. The zero-order valence-corrected chi connectivity index (χ0v) is 24.0. The van der Waals surface area contributed by atoms with E-state index in [-0.39, 0.29) is 34.3 Å². The van der Waals surface area contributed by atoms with Gasteiger partial charge in [0, 0.05) is 37.1 Å². The van der Waals surface area contributed by atoms with Crippen LogP contribution < -0.4 is 5.32 Å². The van der Waals surface area contributed by atoms with Crippen molar-refractivity contribution >= 4 is 21.4 Å². The van der Waals surface area contributed by atoms with Crippen LogP contribution in [0.3, 0.4) is 0 Å². The third-order valence-corrected chi connectivity index (χ3v) is 8.81. The van der Waals surface area contributed by atoms with Crippen molar-refractivity contribution in [3.8, 4) is 0 Å². The van der Waals surface area contributed by atoms with Crippen molar-refractivity contribution in [2.24, 2.45) is 5.92 Å². The van der Waals surface area contributed by atoms with Gasteiger partial charge in [-0.25, -0.2) is 17.9 Å². The summed E-state index contributed by atoms with van der Waals surface area (Å²) in [6.07, 6.45) is 0.0198. The lowest BCUT2D eigenvalue weighted by atomic mass is 9.95. The highest BCUT2D eigenvalue weighted by Crippen LogP contribution is 2.48. The molecule has 7 nitrogen and oxygen atoms in total. The number of rotatable bonds is 5. The van der Waals surface area contributed by atoms with Gasteiger partial charge in [0.05, 0.1) is 23.6 Å². The van der Waals surface area contributed by atoms with Gasteiger partial charge in [-0.05, 0) is 42.4 Å². The first-order valence-corrected chi connectivity index (χ1v) is 15.2. The van der Waals surface area contributed by atoms with Gasteiger partial charge in [0.2, 0.25) is 11.9 Å². The van der Waals surface area contributed by atoms with Crippen LogP contribution in [0.2, 0.25) is 0 Å². The number of alkyl halides is 3. The zero-order chi connectivity index (χ0) is 29.7. The summed E-state index contributed by atoms with van der Waals surface area (Å²) < 4.78 is 74.5. The Morgan fingerprint density at radius 1 is 1.10 bits per heavy atom. The van der Waals surface area contributed by atoms with Crippen molar-refractivity contribution in [1.29, 1.82) is 0 Å². The first-order valence-electron chi connectivity index (χ1n) is 13.4. The molecule has 12 heteroatoms. The molecule has 1 aliphatic heterocycles. The maximum Gasteiger partial charge on any atom is 0.393 e. The molecular formula is C28H36F4N4O3S. The Kier molecular flexibility index (Phi) is 9.97. The van der Waals surface area contributed by atoms with Gasteiger partial charge in [0.25, 0.3) is 0 Å². The van der Waals surface area contributed by atoms with Gasteiger partial charge in [-0.15, -0.1) is 5.10 Å². The number of carbonyl (C=O) groups excluding carboxylic acids is 1. The molecule has 40 heavy (non-hydrogen) atoms. The molecule has 3 heterocycles. The van der Waals surface area contributed by atoms with Crippen LogP contribution >= 0.6 is 0 Å². The molecule has 0 bridgehead atoms. The molecular weight excluding hydrogens is 548 g/mol. The van der Waals surface area contributed by atoms with E-state index in [1.807, 2.05) is 13.8 Å². The van der Waals surface area contributed by atoms with Gasteiger partial charge < -0.3 is 5.32 Å². The van der Waals surface area contributed by atoms with Gasteiger partial charge in [-0.3, -0.25) is 4.79 Å². The fourth-order valence-corrected chi connectivity index (χ4v) is 6.21. The highest BCUT2D eigenvalue weighted by atomic mass is 32.2. The lowest BCUT2D eigenvalue weighted by Gasteiger charge is -2.19. The third-order valence-electron chi connectivity index (χ3n) is 7.10. The van der Waals surface area contributed by atoms with Crippen LogP contribution in [-0.4, -0.2) is 53.7 Å². The summed E-state index contributed by atoms with van der Waals surface area (Å²) in [4.78, 5) is 15.3. The fraction of sp³-hybridized carbons (Fsp3) is 0.536. The molecule has 2 fully saturated rings. The topological polar surface area (TPSA) is 93.4 Å². The first-order chi connectivity index (χ1) is 18.8. The normalized spacial score (nSPS) is 17.7. The van der Waals surface area contributed by atoms with E-state index in [1.54, 1.807) is 29.9 Å². The van der Waals surface area contributed by atoms with Crippen molar-refractivity contribution in [2.75, 3.05) is 18.6 Å². The van der Waals surface area contributed by atoms with E-state index in [4.69, 9.17) is 0 Å². The van der Waals surface area contributed by atoms with E-state index in [2.05, 4.69) is 22.3 Å². The summed E-state index contributed by atoms with van der Waals surface area (Å²) in [6, 6.07) is 7.70. The van der Waals surface area contributed by atoms with Crippen molar-refractivity contribution in [2.45, 2.75) is 70.9 Å². The SMILES string of the molecule is CC.CC1(c2c(Cc3ccc(CC(F)(F)F)cc3)cnc3cc(F)nn23)CC1.CNC(=O)C1CCS(=O)(=O)CC1. The highest BCUT2D eigenvalue weighted by molar-refractivity contribution is 7.91. The Hall–Kier alpha value is -3.02. The van der Waals surface area contributed by atoms with Crippen molar-refractivity contribution < 1.29 is 30.8 Å². The largest absolute Gasteiger partial charge is 0.393 e. The molecule has 1 aliphatic carbocycles. The van der Waals surface area contributed by atoms with E-state index in [1.165, 1.54) is 18.2 Å². The van der Waals surface area contributed by atoms with Crippen molar-refractivity contribution in [3.05, 3.63) is 64.9 Å². The van der Waals surface area contributed by atoms with Crippen LogP contribution in [0.5, 0.6) is 0 Å². The number of fused-ring (bicyclic) bond motifs is 1. The summed E-state index contributed by atoms with van der Waals surface area (Å²) >= 11 is 0. The van der Waals surface area contributed by atoms with E-state index >= 15 is 0 Å². The smallest absolute Gasteiger partial charge is 0.359 e. The average molecular weight is 585 g/mol. The van der Waals surface area contributed by atoms with Crippen molar-refractivity contribution in [3.63, 3.8) is 0 Å². The van der Waals surface area contributed by atoms with E-state index in [0.29, 0.717) is 24.9 Å². The van der Waals surface area contributed by atoms with Gasteiger partial charge in [-0.2, -0.15) is 17.6 Å². The standard InChI is InChI=1S/C19H17F4N3.C7H13NO3S.C2H6/c1-18(6-7-18)17-14(11-24-16-9-15(20)25-26(16)17)8-12-2-4-13(5-3-12)10-19(21,22)23;1-8-7(9)6-2-4-12(10,11)5-3-6;1-2/h2-5,9,11H,6-8,10H2,1H3;6H,2-5H2,1H3,(H,8,9);1-2H3. The Morgan fingerprint density at radius 2 is 1.68 bits per heavy atom. The molecule has 2 aliphatic rings. The number of sulfone groups is 1. The third kappa shape index (κ3) is 8.25. The molecule has 220 valence electrons. The molecule has 1 saturated carbocycles. The predicted octanol–water partition coefficient (Wildman–Crippen LogP) is 5.20. The predicted molar refractivity (Wildman–Crippen MR) is 145 cm³/mol. The Morgan fingerprint density at radius 3 is 2.20 bits per heavy atom. The maximum atomic E-state index is 13.6. The van der Waals surface area contributed by atoms with Crippen LogP contribution in [0.15, 0.2) is 36.5 Å². The van der Waals surface area contributed by atoms with Gasteiger partial charge in [0.15, 0.2) is 5.65 Å². The fourth-order valence-electron chi connectivity index (χ4n) is 4.72. The summed E-state index contributed by atoms with van der Waals surface area (Å²) in [7, 11) is -1.26. The molecule has 3 aromatic rings. The molecule has 2 aromatic heterocycles. The monoisotopic (exact) mass is 584 g/mol. The number of nitrogens with one attached hydrogen (secondary N) is 1. The molecule has 1 N–H and O–H groups in total.